The number of aromatic amines is 1. The Kier molecular flexibility index (Phi) is 3.73. The summed E-state index contributed by atoms with van der Waals surface area (Å²) >= 11 is 0. The fraction of sp³-hybridized carbons (Fsp3) is 0.235. The average molecular weight is 310 g/mol. The number of rotatable bonds is 5. The van der Waals surface area contributed by atoms with E-state index in [4.69, 9.17) is 10.5 Å². The number of nitrogens with one attached hydrogen (secondary N) is 1. The Hall–Kier alpha value is -2.89. The standard InChI is InChI=1S/C17H18N4O2/c1-17(9-15(18)22,12-4-3-7-19-10-12)11-5-6-13-14(8-11)20-21-16(13)23-2/h3-8,10H,9H2,1-2H3,(H2,18,22)(H,20,21). The van der Waals surface area contributed by atoms with Crippen LogP contribution >= 0.6 is 0 Å². The van der Waals surface area contributed by atoms with Crippen molar-refractivity contribution in [3.8, 4) is 5.88 Å². The molecular weight excluding hydrogens is 292 g/mol. The van der Waals surface area contributed by atoms with Gasteiger partial charge in [-0.1, -0.05) is 19.1 Å². The predicted molar refractivity (Wildman–Crippen MR) is 87.1 cm³/mol. The molecule has 2 aromatic heterocycles. The first-order chi connectivity index (χ1) is 11.0. The van der Waals surface area contributed by atoms with Gasteiger partial charge >= 0.3 is 0 Å². The van der Waals surface area contributed by atoms with E-state index < -0.39 is 5.41 Å². The molecule has 0 fully saturated rings. The lowest BCUT2D eigenvalue weighted by atomic mass is 9.74. The number of ether oxygens (including phenoxy) is 1. The van der Waals surface area contributed by atoms with Gasteiger partial charge in [0.15, 0.2) is 0 Å². The quantitative estimate of drug-likeness (QED) is 0.755. The van der Waals surface area contributed by atoms with Crippen LogP contribution in [-0.2, 0) is 10.2 Å². The third kappa shape index (κ3) is 2.63. The van der Waals surface area contributed by atoms with Gasteiger partial charge in [0.05, 0.1) is 18.0 Å². The number of fused-ring (bicyclic) bond motifs is 1. The summed E-state index contributed by atoms with van der Waals surface area (Å²) in [6.45, 7) is 1.99. The first-order valence-corrected chi connectivity index (χ1v) is 7.26. The Morgan fingerprint density at radius 2 is 2.17 bits per heavy atom. The number of aromatic nitrogens is 3. The van der Waals surface area contributed by atoms with E-state index in [1.807, 2.05) is 37.3 Å². The van der Waals surface area contributed by atoms with Gasteiger partial charge in [-0.25, -0.2) is 0 Å². The molecule has 0 aliphatic heterocycles. The first kappa shape index (κ1) is 15.0. The number of benzene rings is 1. The number of amides is 1. The van der Waals surface area contributed by atoms with E-state index in [2.05, 4.69) is 15.2 Å². The van der Waals surface area contributed by atoms with Gasteiger partial charge in [-0.2, -0.15) is 0 Å². The van der Waals surface area contributed by atoms with Crippen LogP contribution in [0.5, 0.6) is 5.88 Å². The Morgan fingerprint density at radius 1 is 1.35 bits per heavy atom. The number of hydrogen-bond donors (Lipinski definition) is 2. The summed E-state index contributed by atoms with van der Waals surface area (Å²) in [5.41, 5.74) is 7.67. The van der Waals surface area contributed by atoms with Crippen LogP contribution in [-0.4, -0.2) is 28.2 Å². The summed E-state index contributed by atoms with van der Waals surface area (Å²) in [6, 6.07) is 9.68. The van der Waals surface area contributed by atoms with Crippen molar-refractivity contribution in [3.05, 3.63) is 53.9 Å². The molecule has 6 nitrogen and oxygen atoms in total. The molecular formula is C17H18N4O2. The molecule has 1 amide bonds. The molecule has 0 radical (unpaired) electrons. The van der Waals surface area contributed by atoms with Gasteiger partial charge in [0.1, 0.15) is 0 Å². The molecule has 1 atom stereocenters. The van der Waals surface area contributed by atoms with E-state index in [0.29, 0.717) is 5.88 Å². The Bertz CT molecular complexity index is 844. The lowest BCUT2D eigenvalue weighted by molar-refractivity contribution is -0.118. The van der Waals surface area contributed by atoms with E-state index in [-0.39, 0.29) is 12.3 Å². The number of methoxy groups -OCH3 is 1. The van der Waals surface area contributed by atoms with Crippen molar-refractivity contribution in [3.63, 3.8) is 0 Å². The smallest absolute Gasteiger partial charge is 0.240 e. The third-order valence-corrected chi connectivity index (χ3v) is 4.18. The molecule has 0 aliphatic rings. The van der Waals surface area contributed by atoms with Crippen LogP contribution in [0, 0.1) is 0 Å². The van der Waals surface area contributed by atoms with E-state index in [1.165, 1.54) is 0 Å². The molecule has 3 rings (SSSR count). The number of carbonyl (C=O) groups is 1. The lowest BCUT2D eigenvalue weighted by Crippen LogP contribution is -2.30. The number of hydrogen-bond acceptors (Lipinski definition) is 4. The fourth-order valence-corrected chi connectivity index (χ4v) is 2.90. The molecule has 1 aromatic carbocycles. The van der Waals surface area contributed by atoms with Gasteiger partial charge < -0.3 is 10.5 Å². The van der Waals surface area contributed by atoms with Crippen LogP contribution in [0.4, 0.5) is 0 Å². The highest BCUT2D eigenvalue weighted by Crippen LogP contribution is 2.37. The maximum Gasteiger partial charge on any atom is 0.240 e. The highest BCUT2D eigenvalue weighted by Gasteiger charge is 2.31. The largest absolute Gasteiger partial charge is 0.480 e. The van der Waals surface area contributed by atoms with Gasteiger partial charge in [-0.15, -0.1) is 5.10 Å². The molecule has 3 N–H and O–H groups in total. The van der Waals surface area contributed by atoms with Crippen molar-refractivity contribution >= 4 is 16.8 Å². The molecule has 6 heteroatoms. The van der Waals surface area contributed by atoms with Gasteiger partial charge in [-0.3, -0.25) is 14.9 Å². The predicted octanol–water partition coefficient (Wildman–Crippen LogP) is 2.15. The Balaban J connectivity index is 2.15. The summed E-state index contributed by atoms with van der Waals surface area (Å²) in [5, 5.41) is 7.96. The van der Waals surface area contributed by atoms with E-state index in [0.717, 1.165) is 22.0 Å². The Morgan fingerprint density at radius 3 is 2.83 bits per heavy atom. The van der Waals surface area contributed by atoms with Crippen LogP contribution in [0.15, 0.2) is 42.7 Å². The monoisotopic (exact) mass is 310 g/mol. The second-order valence-corrected chi connectivity index (χ2v) is 5.71. The molecule has 0 aliphatic carbocycles. The molecule has 0 bridgehead atoms. The molecule has 118 valence electrons. The molecule has 1 unspecified atom stereocenters. The van der Waals surface area contributed by atoms with Crippen molar-refractivity contribution in [2.24, 2.45) is 5.73 Å². The van der Waals surface area contributed by atoms with Gasteiger partial charge in [0.25, 0.3) is 0 Å². The van der Waals surface area contributed by atoms with Crippen molar-refractivity contribution < 1.29 is 9.53 Å². The van der Waals surface area contributed by atoms with Crippen LogP contribution in [0.25, 0.3) is 10.9 Å². The summed E-state index contributed by atoms with van der Waals surface area (Å²) in [6.07, 6.45) is 3.66. The molecule has 3 aromatic rings. The zero-order valence-corrected chi connectivity index (χ0v) is 13.0. The topological polar surface area (TPSA) is 93.9 Å². The van der Waals surface area contributed by atoms with E-state index in [1.54, 1.807) is 19.5 Å². The number of pyridine rings is 1. The average Bonchev–Trinajstić information content (AvgIpc) is 2.97. The third-order valence-electron chi connectivity index (χ3n) is 4.18. The maximum atomic E-state index is 11.6. The fourth-order valence-electron chi connectivity index (χ4n) is 2.90. The normalized spacial score (nSPS) is 13.7. The Labute approximate surface area is 133 Å². The minimum atomic E-state index is -0.563. The molecule has 23 heavy (non-hydrogen) atoms. The SMILES string of the molecule is COc1n[nH]c2cc(C(C)(CC(N)=O)c3cccnc3)ccc12. The van der Waals surface area contributed by atoms with E-state index in [9.17, 15) is 4.79 Å². The van der Waals surface area contributed by atoms with Crippen LogP contribution in [0.2, 0.25) is 0 Å². The first-order valence-electron chi connectivity index (χ1n) is 7.26. The summed E-state index contributed by atoms with van der Waals surface area (Å²) in [5.74, 6) is 0.183. The van der Waals surface area contributed by atoms with Crippen molar-refractivity contribution in [1.29, 1.82) is 0 Å². The highest BCUT2D eigenvalue weighted by molar-refractivity contribution is 5.85. The lowest BCUT2D eigenvalue weighted by Gasteiger charge is -2.29. The van der Waals surface area contributed by atoms with Gasteiger partial charge in [0.2, 0.25) is 11.8 Å². The zero-order chi connectivity index (χ0) is 16.4. The molecule has 0 saturated carbocycles. The van der Waals surface area contributed by atoms with Gasteiger partial charge in [-0.05, 0) is 29.3 Å². The minimum Gasteiger partial charge on any atom is -0.480 e. The minimum absolute atomic E-state index is 0.190. The summed E-state index contributed by atoms with van der Waals surface area (Å²) < 4.78 is 5.22. The van der Waals surface area contributed by atoms with Crippen molar-refractivity contribution in [2.45, 2.75) is 18.8 Å². The second kappa shape index (κ2) is 5.72. The maximum absolute atomic E-state index is 11.6. The highest BCUT2D eigenvalue weighted by atomic mass is 16.5. The van der Waals surface area contributed by atoms with Gasteiger partial charge in [0, 0.05) is 24.2 Å². The molecule has 0 saturated heterocycles. The summed E-state index contributed by atoms with van der Waals surface area (Å²) in [7, 11) is 1.58. The van der Waals surface area contributed by atoms with Crippen molar-refractivity contribution in [1.82, 2.24) is 15.2 Å². The van der Waals surface area contributed by atoms with E-state index >= 15 is 0 Å². The molecule has 0 spiro atoms. The van der Waals surface area contributed by atoms with Crippen LogP contribution < -0.4 is 10.5 Å². The molecule has 2 heterocycles. The summed E-state index contributed by atoms with van der Waals surface area (Å²) in [4.78, 5) is 15.8. The number of carbonyl (C=O) groups excluding carboxylic acids is 1. The number of primary amides is 1. The second-order valence-electron chi connectivity index (χ2n) is 5.71. The zero-order valence-electron chi connectivity index (χ0n) is 13.0. The van der Waals surface area contributed by atoms with Crippen molar-refractivity contribution in [2.75, 3.05) is 7.11 Å². The van der Waals surface area contributed by atoms with Crippen LogP contribution in [0.3, 0.4) is 0 Å². The number of nitrogens with zero attached hydrogens (tertiary/aromatic N) is 2. The van der Waals surface area contributed by atoms with Crippen LogP contribution in [0.1, 0.15) is 24.5 Å². The number of H-pyrrole nitrogens is 1. The number of nitrogens with two attached hydrogens (primary N) is 1.